The Bertz CT molecular complexity index is 411. The fourth-order valence-electron chi connectivity index (χ4n) is 1.45. The molecule has 0 spiro atoms. The van der Waals surface area contributed by atoms with E-state index in [-0.39, 0.29) is 17.4 Å². The lowest BCUT2D eigenvalue weighted by Crippen LogP contribution is -2.30. The Morgan fingerprint density at radius 2 is 2.44 bits per heavy atom. The highest BCUT2D eigenvalue weighted by atomic mass is 32.1. The lowest BCUT2D eigenvalue weighted by molar-refractivity contribution is -0.121. The van der Waals surface area contributed by atoms with Crippen molar-refractivity contribution in [1.29, 1.82) is 0 Å². The molecule has 1 aromatic heterocycles. The van der Waals surface area contributed by atoms with E-state index in [0.29, 0.717) is 11.7 Å². The standard InChI is InChI=1S/C10H14N4OS/c11-9(16)10-12-3-4-14(10)6-8(15)13-5-7-1-2-7/h3-4,7H,1-2,5-6H2,(H2,11,16)(H,13,15). The summed E-state index contributed by atoms with van der Waals surface area (Å²) in [5.41, 5.74) is 5.48. The zero-order valence-corrected chi connectivity index (χ0v) is 9.67. The number of amides is 1. The van der Waals surface area contributed by atoms with Crippen LogP contribution >= 0.6 is 12.2 Å². The molecular formula is C10H14N4OS. The van der Waals surface area contributed by atoms with Crippen LogP contribution in [0.4, 0.5) is 0 Å². The number of nitrogens with two attached hydrogens (primary N) is 1. The van der Waals surface area contributed by atoms with Crippen LogP contribution in [0.2, 0.25) is 0 Å². The van der Waals surface area contributed by atoms with Crippen LogP contribution < -0.4 is 11.1 Å². The molecule has 0 bridgehead atoms. The summed E-state index contributed by atoms with van der Waals surface area (Å²) in [5, 5.41) is 2.88. The van der Waals surface area contributed by atoms with Gasteiger partial charge in [0, 0.05) is 18.9 Å². The zero-order chi connectivity index (χ0) is 11.5. The number of hydrogen-bond acceptors (Lipinski definition) is 3. The molecule has 1 fully saturated rings. The van der Waals surface area contributed by atoms with Crippen molar-refractivity contribution in [2.45, 2.75) is 19.4 Å². The molecule has 0 unspecified atom stereocenters. The number of aromatic nitrogens is 2. The van der Waals surface area contributed by atoms with Gasteiger partial charge in [0.15, 0.2) is 5.82 Å². The second-order valence-corrected chi connectivity index (χ2v) is 4.43. The van der Waals surface area contributed by atoms with Crippen molar-refractivity contribution in [2.24, 2.45) is 11.7 Å². The third kappa shape index (κ3) is 2.79. The van der Waals surface area contributed by atoms with Crippen molar-refractivity contribution in [3.8, 4) is 0 Å². The molecule has 1 saturated carbocycles. The smallest absolute Gasteiger partial charge is 0.240 e. The van der Waals surface area contributed by atoms with Crippen LogP contribution in [0.5, 0.6) is 0 Å². The van der Waals surface area contributed by atoms with Crippen molar-refractivity contribution < 1.29 is 4.79 Å². The van der Waals surface area contributed by atoms with Gasteiger partial charge in [0.05, 0.1) is 0 Å². The highest BCUT2D eigenvalue weighted by molar-refractivity contribution is 7.80. The van der Waals surface area contributed by atoms with Crippen LogP contribution in [-0.2, 0) is 11.3 Å². The quantitative estimate of drug-likeness (QED) is 0.711. The first kappa shape index (κ1) is 11.1. The minimum Gasteiger partial charge on any atom is -0.387 e. The molecule has 86 valence electrons. The average Bonchev–Trinajstić information content (AvgIpc) is 2.95. The number of carbonyl (C=O) groups is 1. The molecule has 16 heavy (non-hydrogen) atoms. The number of nitrogens with zero attached hydrogens (tertiary/aromatic N) is 2. The Kier molecular flexibility index (Phi) is 3.19. The van der Waals surface area contributed by atoms with E-state index in [1.165, 1.54) is 12.8 Å². The predicted molar refractivity (Wildman–Crippen MR) is 63.8 cm³/mol. The van der Waals surface area contributed by atoms with Gasteiger partial charge in [-0.2, -0.15) is 0 Å². The SMILES string of the molecule is NC(=S)c1nccn1CC(=O)NCC1CC1. The van der Waals surface area contributed by atoms with Crippen molar-refractivity contribution in [3.63, 3.8) is 0 Å². The molecule has 1 heterocycles. The van der Waals surface area contributed by atoms with E-state index in [2.05, 4.69) is 10.3 Å². The maximum atomic E-state index is 11.6. The van der Waals surface area contributed by atoms with Crippen LogP contribution in [0.15, 0.2) is 12.4 Å². The number of carbonyl (C=O) groups excluding carboxylic acids is 1. The van der Waals surface area contributed by atoms with Crippen molar-refractivity contribution in [3.05, 3.63) is 18.2 Å². The Morgan fingerprint density at radius 1 is 1.69 bits per heavy atom. The second kappa shape index (κ2) is 4.61. The van der Waals surface area contributed by atoms with Crippen molar-refractivity contribution in [2.75, 3.05) is 6.54 Å². The van der Waals surface area contributed by atoms with Gasteiger partial charge in [0.2, 0.25) is 5.91 Å². The topological polar surface area (TPSA) is 72.9 Å². The summed E-state index contributed by atoms with van der Waals surface area (Å²) in [7, 11) is 0. The number of thiocarbonyl (C=S) groups is 1. The molecule has 0 saturated heterocycles. The molecule has 1 aliphatic rings. The van der Waals surface area contributed by atoms with Crippen LogP contribution in [0, 0.1) is 5.92 Å². The first-order chi connectivity index (χ1) is 7.66. The van der Waals surface area contributed by atoms with Gasteiger partial charge in [0.25, 0.3) is 0 Å². The van der Waals surface area contributed by atoms with Gasteiger partial charge in [0.1, 0.15) is 11.5 Å². The summed E-state index contributed by atoms with van der Waals surface area (Å²) in [6.07, 6.45) is 5.74. The fraction of sp³-hybridized carbons (Fsp3) is 0.500. The Balaban J connectivity index is 1.89. The summed E-state index contributed by atoms with van der Waals surface area (Å²) in [6, 6.07) is 0. The largest absolute Gasteiger partial charge is 0.387 e. The molecule has 5 nitrogen and oxygen atoms in total. The summed E-state index contributed by atoms with van der Waals surface area (Å²) < 4.78 is 1.66. The van der Waals surface area contributed by atoms with E-state index in [4.69, 9.17) is 18.0 Å². The monoisotopic (exact) mass is 238 g/mol. The zero-order valence-electron chi connectivity index (χ0n) is 8.85. The number of hydrogen-bond donors (Lipinski definition) is 2. The first-order valence-electron chi connectivity index (χ1n) is 5.24. The van der Waals surface area contributed by atoms with E-state index in [9.17, 15) is 4.79 Å². The van der Waals surface area contributed by atoms with Crippen molar-refractivity contribution in [1.82, 2.24) is 14.9 Å². The fourth-order valence-corrected chi connectivity index (χ4v) is 1.62. The van der Waals surface area contributed by atoms with Crippen molar-refractivity contribution >= 4 is 23.1 Å². The van der Waals surface area contributed by atoms with Gasteiger partial charge in [-0.1, -0.05) is 12.2 Å². The predicted octanol–water partition coefficient (Wildman–Crippen LogP) is 0.0435. The lowest BCUT2D eigenvalue weighted by Gasteiger charge is -2.07. The maximum Gasteiger partial charge on any atom is 0.240 e. The molecule has 1 aliphatic carbocycles. The summed E-state index contributed by atoms with van der Waals surface area (Å²) in [4.78, 5) is 15.8. The van der Waals surface area contributed by atoms with Gasteiger partial charge >= 0.3 is 0 Å². The number of imidazole rings is 1. The average molecular weight is 238 g/mol. The summed E-state index contributed by atoms with van der Waals surface area (Å²) in [6.45, 7) is 0.995. The molecule has 2 rings (SSSR count). The van der Waals surface area contributed by atoms with Gasteiger partial charge in [-0.25, -0.2) is 4.98 Å². The summed E-state index contributed by atoms with van der Waals surface area (Å²) >= 11 is 4.84. The van der Waals surface area contributed by atoms with Crippen LogP contribution in [0.3, 0.4) is 0 Å². The van der Waals surface area contributed by atoms with E-state index in [1.807, 2.05) is 0 Å². The minimum absolute atomic E-state index is 0.0256. The van der Waals surface area contributed by atoms with Crippen LogP contribution in [0.25, 0.3) is 0 Å². The van der Waals surface area contributed by atoms with Gasteiger partial charge in [-0.15, -0.1) is 0 Å². The molecular weight excluding hydrogens is 224 g/mol. The van der Waals surface area contributed by atoms with Crippen LogP contribution in [0.1, 0.15) is 18.7 Å². The molecule has 1 aromatic rings. The summed E-state index contributed by atoms with van der Waals surface area (Å²) in [5.74, 6) is 1.14. The third-order valence-electron chi connectivity index (χ3n) is 2.53. The van der Waals surface area contributed by atoms with Gasteiger partial charge in [-0.05, 0) is 18.8 Å². The first-order valence-corrected chi connectivity index (χ1v) is 5.65. The normalized spacial score (nSPS) is 14.8. The maximum absolute atomic E-state index is 11.6. The van der Waals surface area contributed by atoms with E-state index >= 15 is 0 Å². The minimum atomic E-state index is -0.0256. The molecule has 6 heteroatoms. The highest BCUT2D eigenvalue weighted by Gasteiger charge is 2.21. The molecule has 0 aliphatic heterocycles. The Morgan fingerprint density at radius 3 is 3.06 bits per heavy atom. The van der Waals surface area contributed by atoms with E-state index < -0.39 is 0 Å². The third-order valence-corrected chi connectivity index (χ3v) is 2.72. The Labute approximate surface area is 99.0 Å². The molecule has 3 N–H and O–H groups in total. The van der Waals surface area contributed by atoms with Crippen LogP contribution in [-0.4, -0.2) is 27.0 Å². The van der Waals surface area contributed by atoms with Gasteiger partial charge < -0.3 is 15.6 Å². The number of rotatable bonds is 5. The van der Waals surface area contributed by atoms with E-state index in [1.54, 1.807) is 17.0 Å². The second-order valence-electron chi connectivity index (χ2n) is 3.99. The molecule has 0 atom stereocenters. The van der Waals surface area contributed by atoms with Gasteiger partial charge in [-0.3, -0.25) is 4.79 Å². The Hall–Kier alpha value is -1.43. The molecule has 0 radical (unpaired) electrons. The molecule has 1 amide bonds. The number of nitrogens with one attached hydrogen (secondary N) is 1. The molecule has 0 aromatic carbocycles. The highest BCUT2D eigenvalue weighted by Crippen LogP contribution is 2.27. The van der Waals surface area contributed by atoms with E-state index in [0.717, 1.165) is 6.54 Å². The lowest BCUT2D eigenvalue weighted by atomic mass is 10.4.